The van der Waals surface area contributed by atoms with Crippen molar-refractivity contribution >= 4 is 27.3 Å². The number of carboxylic acids is 1. The van der Waals surface area contributed by atoms with Crippen LogP contribution >= 0.6 is 11.3 Å². The minimum atomic E-state index is -3.77. The number of hydrogen-bond donors (Lipinski definition) is 2. The summed E-state index contributed by atoms with van der Waals surface area (Å²) in [6, 6.07) is 2.01. The molecule has 2 N–H and O–H groups in total. The van der Waals surface area contributed by atoms with Gasteiger partial charge in [0.25, 0.3) is 10.0 Å². The van der Waals surface area contributed by atoms with E-state index in [1.807, 2.05) is 0 Å². The fourth-order valence-electron chi connectivity index (χ4n) is 1.47. The van der Waals surface area contributed by atoms with Crippen LogP contribution in [0.2, 0.25) is 0 Å². The van der Waals surface area contributed by atoms with E-state index in [0.717, 1.165) is 16.2 Å². The minimum absolute atomic E-state index is 0.128. The van der Waals surface area contributed by atoms with Gasteiger partial charge in [0.2, 0.25) is 0 Å². The summed E-state index contributed by atoms with van der Waals surface area (Å²) < 4.78 is 31.2. The second kappa shape index (κ2) is 6.99. The Hall–Kier alpha value is -0.960. The fourth-order valence-corrected chi connectivity index (χ4v) is 3.99. The number of rotatable bonds is 8. The van der Waals surface area contributed by atoms with Crippen LogP contribution in [0.4, 0.5) is 0 Å². The Morgan fingerprint density at radius 2 is 2.21 bits per heavy atom. The molecule has 1 rings (SSSR count). The third-order valence-corrected chi connectivity index (χ3v) is 5.38. The number of aryl methyl sites for hydroxylation is 1. The van der Waals surface area contributed by atoms with Crippen molar-refractivity contribution in [3.05, 3.63) is 17.0 Å². The van der Waals surface area contributed by atoms with Gasteiger partial charge in [0.05, 0.1) is 0 Å². The summed E-state index contributed by atoms with van der Waals surface area (Å²) in [4.78, 5) is 11.9. The normalized spacial score (nSPS) is 13.4. The summed E-state index contributed by atoms with van der Waals surface area (Å²) >= 11 is 1.11. The van der Waals surface area contributed by atoms with E-state index in [9.17, 15) is 13.2 Å². The van der Waals surface area contributed by atoms with Gasteiger partial charge >= 0.3 is 5.97 Å². The Labute approximate surface area is 116 Å². The van der Waals surface area contributed by atoms with E-state index < -0.39 is 22.0 Å². The number of nitrogens with one attached hydrogen (secondary N) is 1. The first-order valence-electron chi connectivity index (χ1n) is 5.67. The zero-order valence-corrected chi connectivity index (χ0v) is 12.4. The van der Waals surface area contributed by atoms with Gasteiger partial charge in [-0.05, 0) is 31.9 Å². The van der Waals surface area contributed by atoms with Gasteiger partial charge in [0.1, 0.15) is 10.3 Å². The van der Waals surface area contributed by atoms with E-state index in [0.29, 0.717) is 13.0 Å². The highest BCUT2D eigenvalue weighted by atomic mass is 32.2. The van der Waals surface area contributed by atoms with Gasteiger partial charge in [-0.15, -0.1) is 11.3 Å². The van der Waals surface area contributed by atoms with Gasteiger partial charge in [-0.3, -0.25) is 4.79 Å². The number of sulfonamides is 1. The third-order valence-electron chi connectivity index (χ3n) is 2.42. The molecule has 1 heterocycles. The van der Waals surface area contributed by atoms with Crippen molar-refractivity contribution in [3.63, 3.8) is 0 Å². The lowest BCUT2D eigenvalue weighted by Gasteiger charge is -2.13. The molecular formula is C11H17NO5S2. The highest BCUT2D eigenvalue weighted by Crippen LogP contribution is 2.21. The van der Waals surface area contributed by atoms with E-state index in [-0.39, 0.29) is 10.6 Å². The molecule has 6 nitrogen and oxygen atoms in total. The smallest absolute Gasteiger partial charge is 0.321 e. The Balaban J connectivity index is 2.75. The standard InChI is InChI=1S/C11H17NO5S2/c1-8-5-6-10(18-8)19(15,16)12-9(11(13)14)4-3-7-17-2/h5-6,9,12H,3-4,7H2,1-2H3,(H,13,14). The summed E-state index contributed by atoms with van der Waals surface area (Å²) in [6.45, 7) is 2.18. The first-order valence-corrected chi connectivity index (χ1v) is 7.97. The molecule has 1 atom stereocenters. The van der Waals surface area contributed by atoms with Gasteiger partial charge in [0.15, 0.2) is 0 Å². The zero-order chi connectivity index (χ0) is 14.5. The van der Waals surface area contributed by atoms with Crippen LogP contribution in [0.1, 0.15) is 17.7 Å². The Morgan fingerprint density at radius 3 is 2.68 bits per heavy atom. The molecule has 0 aliphatic carbocycles. The first-order chi connectivity index (χ1) is 8.86. The molecule has 19 heavy (non-hydrogen) atoms. The number of carbonyl (C=O) groups is 1. The second-order valence-electron chi connectivity index (χ2n) is 4.01. The maximum absolute atomic E-state index is 12.0. The number of thiophene rings is 1. The van der Waals surface area contributed by atoms with Gasteiger partial charge < -0.3 is 9.84 Å². The molecule has 0 bridgehead atoms. The molecule has 0 aliphatic heterocycles. The van der Waals surface area contributed by atoms with E-state index in [1.165, 1.54) is 13.2 Å². The SMILES string of the molecule is COCCCC(NS(=O)(=O)c1ccc(C)s1)C(=O)O. The van der Waals surface area contributed by atoms with E-state index >= 15 is 0 Å². The number of ether oxygens (including phenoxy) is 1. The monoisotopic (exact) mass is 307 g/mol. The lowest BCUT2D eigenvalue weighted by atomic mass is 10.2. The third kappa shape index (κ3) is 4.90. The quantitative estimate of drug-likeness (QED) is 0.704. The highest BCUT2D eigenvalue weighted by molar-refractivity contribution is 7.91. The lowest BCUT2D eigenvalue weighted by molar-refractivity contribution is -0.139. The molecule has 0 spiro atoms. The largest absolute Gasteiger partial charge is 0.480 e. The lowest BCUT2D eigenvalue weighted by Crippen LogP contribution is -2.40. The number of aliphatic carboxylic acids is 1. The summed E-state index contributed by atoms with van der Waals surface area (Å²) in [5.41, 5.74) is 0. The van der Waals surface area contributed by atoms with Crippen LogP contribution in [0.25, 0.3) is 0 Å². The van der Waals surface area contributed by atoms with Crippen LogP contribution < -0.4 is 4.72 Å². The number of hydrogen-bond acceptors (Lipinski definition) is 5. The maximum atomic E-state index is 12.0. The van der Waals surface area contributed by atoms with Gasteiger partial charge in [-0.2, -0.15) is 4.72 Å². The predicted octanol–water partition coefficient (Wildman–Crippen LogP) is 1.21. The molecule has 8 heteroatoms. The van der Waals surface area contributed by atoms with Crippen molar-refractivity contribution in [3.8, 4) is 0 Å². The molecule has 0 radical (unpaired) electrons. The zero-order valence-electron chi connectivity index (χ0n) is 10.8. The maximum Gasteiger partial charge on any atom is 0.321 e. The van der Waals surface area contributed by atoms with E-state index in [4.69, 9.17) is 9.84 Å². The summed E-state index contributed by atoms with van der Waals surface area (Å²) in [7, 11) is -2.27. The molecule has 1 aromatic heterocycles. The molecule has 108 valence electrons. The summed E-state index contributed by atoms with van der Waals surface area (Å²) in [5, 5.41) is 9.02. The van der Waals surface area contributed by atoms with Crippen LogP contribution in [-0.4, -0.2) is 39.3 Å². The van der Waals surface area contributed by atoms with E-state index in [2.05, 4.69) is 4.72 Å². The topological polar surface area (TPSA) is 92.7 Å². The van der Waals surface area contributed by atoms with Crippen molar-refractivity contribution in [2.45, 2.75) is 30.0 Å². The predicted molar refractivity (Wildman–Crippen MR) is 71.9 cm³/mol. The van der Waals surface area contributed by atoms with Crippen molar-refractivity contribution in [1.29, 1.82) is 0 Å². The van der Waals surface area contributed by atoms with Crippen LogP contribution in [0.3, 0.4) is 0 Å². The van der Waals surface area contributed by atoms with Crippen LogP contribution in [0, 0.1) is 6.92 Å². The van der Waals surface area contributed by atoms with Crippen LogP contribution in [0.15, 0.2) is 16.3 Å². The van der Waals surface area contributed by atoms with Crippen LogP contribution in [0.5, 0.6) is 0 Å². The second-order valence-corrected chi connectivity index (χ2v) is 7.24. The van der Waals surface area contributed by atoms with Gasteiger partial charge in [-0.25, -0.2) is 8.42 Å². The average Bonchev–Trinajstić information content (AvgIpc) is 2.75. The van der Waals surface area contributed by atoms with Crippen molar-refractivity contribution in [2.24, 2.45) is 0 Å². The summed E-state index contributed by atoms with van der Waals surface area (Å²) in [5.74, 6) is -1.19. The Morgan fingerprint density at radius 1 is 1.53 bits per heavy atom. The molecular weight excluding hydrogens is 290 g/mol. The fraction of sp³-hybridized carbons (Fsp3) is 0.545. The molecule has 1 aromatic rings. The summed E-state index contributed by atoms with van der Waals surface area (Å²) in [6.07, 6.45) is 0.659. The van der Waals surface area contributed by atoms with Crippen LogP contribution in [-0.2, 0) is 19.6 Å². The molecule has 1 unspecified atom stereocenters. The number of carboxylic acid groups (broad SMARTS) is 1. The average molecular weight is 307 g/mol. The molecule has 0 aromatic carbocycles. The van der Waals surface area contributed by atoms with Crippen molar-refractivity contribution in [1.82, 2.24) is 4.72 Å². The molecule has 0 fully saturated rings. The Kier molecular flexibility index (Phi) is 5.92. The molecule has 0 aliphatic rings. The van der Waals surface area contributed by atoms with E-state index in [1.54, 1.807) is 13.0 Å². The number of methoxy groups -OCH3 is 1. The molecule has 0 saturated carbocycles. The highest BCUT2D eigenvalue weighted by Gasteiger charge is 2.25. The van der Waals surface area contributed by atoms with Gasteiger partial charge in [0, 0.05) is 18.6 Å². The van der Waals surface area contributed by atoms with Crippen molar-refractivity contribution < 1.29 is 23.1 Å². The van der Waals surface area contributed by atoms with Crippen molar-refractivity contribution in [2.75, 3.05) is 13.7 Å². The first kappa shape index (κ1) is 16.1. The molecule has 0 amide bonds. The van der Waals surface area contributed by atoms with Gasteiger partial charge in [-0.1, -0.05) is 0 Å². The molecule has 0 saturated heterocycles. The Bertz CT molecular complexity index is 523. The minimum Gasteiger partial charge on any atom is -0.480 e.